The number of rotatable bonds is 4. The molecular formula is C10H12O4. The molecule has 0 bridgehead atoms. The molecule has 0 aliphatic carbocycles. The zero-order valence-electron chi connectivity index (χ0n) is 7.80. The van der Waals surface area contributed by atoms with Gasteiger partial charge in [0, 0.05) is 0 Å². The van der Waals surface area contributed by atoms with Gasteiger partial charge in [-0.2, -0.15) is 0 Å². The Bertz CT molecular complexity index is 304. The number of hydrogen-bond acceptors (Lipinski definition) is 3. The second-order valence-electron chi connectivity index (χ2n) is 2.96. The van der Waals surface area contributed by atoms with Gasteiger partial charge in [-0.3, -0.25) is 0 Å². The highest BCUT2D eigenvalue weighted by atomic mass is 16.5. The van der Waals surface area contributed by atoms with Gasteiger partial charge in [-0.1, -0.05) is 12.1 Å². The maximum Gasteiger partial charge on any atom is 0.332 e. The van der Waals surface area contributed by atoms with Crippen molar-refractivity contribution in [2.24, 2.45) is 0 Å². The minimum absolute atomic E-state index is 0.181. The topological polar surface area (TPSA) is 66.8 Å². The minimum atomic E-state index is -0.983. The van der Waals surface area contributed by atoms with Crippen LogP contribution >= 0.6 is 0 Å². The minimum Gasteiger partial charge on any atom is -0.508 e. The van der Waals surface area contributed by atoms with Gasteiger partial charge in [-0.25, -0.2) is 4.79 Å². The zero-order valence-corrected chi connectivity index (χ0v) is 7.80. The smallest absolute Gasteiger partial charge is 0.332 e. The number of phenols is 1. The SMILES string of the molecule is C[C@H](OCc1ccc(O)cc1)C(=O)O. The summed E-state index contributed by atoms with van der Waals surface area (Å²) in [4.78, 5) is 10.4. The van der Waals surface area contributed by atoms with E-state index in [4.69, 9.17) is 14.9 Å². The molecule has 0 radical (unpaired) electrons. The lowest BCUT2D eigenvalue weighted by Gasteiger charge is -2.07. The lowest BCUT2D eigenvalue weighted by atomic mass is 10.2. The standard InChI is InChI=1S/C10H12O4/c1-7(10(12)13)14-6-8-2-4-9(11)5-3-8/h2-5,7,11H,6H2,1H3,(H,12,13)/t7-/m0/s1. The lowest BCUT2D eigenvalue weighted by molar-refractivity contribution is -0.149. The van der Waals surface area contributed by atoms with Crippen molar-refractivity contribution < 1.29 is 19.7 Å². The van der Waals surface area contributed by atoms with Crippen molar-refractivity contribution in [1.29, 1.82) is 0 Å². The number of ether oxygens (including phenoxy) is 1. The number of carboxylic acids is 1. The van der Waals surface area contributed by atoms with Gasteiger partial charge in [-0.05, 0) is 24.6 Å². The van der Waals surface area contributed by atoms with E-state index < -0.39 is 12.1 Å². The van der Waals surface area contributed by atoms with Gasteiger partial charge >= 0.3 is 5.97 Å². The van der Waals surface area contributed by atoms with E-state index in [9.17, 15) is 4.79 Å². The summed E-state index contributed by atoms with van der Waals surface area (Å²) in [5.74, 6) is -0.802. The molecule has 0 amide bonds. The normalized spacial score (nSPS) is 12.4. The molecule has 0 heterocycles. The fourth-order valence-corrected chi connectivity index (χ4v) is 0.885. The third kappa shape index (κ3) is 3.06. The summed E-state index contributed by atoms with van der Waals surface area (Å²) >= 11 is 0. The van der Waals surface area contributed by atoms with Crippen LogP contribution < -0.4 is 0 Å². The summed E-state index contributed by atoms with van der Waals surface area (Å²) in [6, 6.07) is 6.43. The Balaban J connectivity index is 2.46. The molecule has 1 atom stereocenters. The first kappa shape index (κ1) is 10.5. The van der Waals surface area contributed by atoms with E-state index in [1.54, 1.807) is 12.1 Å². The summed E-state index contributed by atoms with van der Waals surface area (Å²) in [5.41, 5.74) is 0.830. The maximum atomic E-state index is 10.4. The van der Waals surface area contributed by atoms with E-state index in [1.165, 1.54) is 19.1 Å². The van der Waals surface area contributed by atoms with Crippen molar-refractivity contribution in [1.82, 2.24) is 0 Å². The zero-order chi connectivity index (χ0) is 10.6. The van der Waals surface area contributed by atoms with Crippen LogP contribution in [0, 0.1) is 0 Å². The Labute approximate surface area is 81.8 Å². The molecule has 0 saturated heterocycles. The highest BCUT2D eigenvalue weighted by Gasteiger charge is 2.10. The maximum absolute atomic E-state index is 10.4. The van der Waals surface area contributed by atoms with Crippen LogP contribution in [0.25, 0.3) is 0 Å². The molecule has 0 saturated carbocycles. The van der Waals surface area contributed by atoms with Crippen molar-refractivity contribution in [2.75, 3.05) is 0 Å². The van der Waals surface area contributed by atoms with Crippen molar-refractivity contribution in [3.05, 3.63) is 29.8 Å². The predicted molar refractivity (Wildman–Crippen MR) is 50.0 cm³/mol. The molecule has 4 nitrogen and oxygen atoms in total. The molecule has 0 spiro atoms. The number of carboxylic acid groups (broad SMARTS) is 1. The van der Waals surface area contributed by atoms with E-state index in [2.05, 4.69) is 0 Å². The molecule has 0 aromatic heterocycles. The molecule has 2 N–H and O–H groups in total. The van der Waals surface area contributed by atoms with Gasteiger partial charge in [0.05, 0.1) is 6.61 Å². The third-order valence-electron chi connectivity index (χ3n) is 1.78. The number of carbonyl (C=O) groups is 1. The van der Waals surface area contributed by atoms with E-state index in [-0.39, 0.29) is 12.4 Å². The number of hydrogen-bond donors (Lipinski definition) is 2. The Morgan fingerprint density at radius 2 is 2.00 bits per heavy atom. The molecule has 4 heteroatoms. The van der Waals surface area contributed by atoms with Crippen LogP contribution in [0.1, 0.15) is 12.5 Å². The molecule has 1 aromatic rings. The Hall–Kier alpha value is -1.55. The van der Waals surface area contributed by atoms with Crippen molar-refractivity contribution >= 4 is 5.97 Å². The first-order chi connectivity index (χ1) is 6.59. The van der Waals surface area contributed by atoms with Crippen molar-refractivity contribution in [3.63, 3.8) is 0 Å². The van der Waals surface area contributed by atoms with Gasteiger partial charge in [-0.15, -0.1) is 0 Å². The van der Waals surface area contributed by atoms with Crippen LogP contribution in [0.2, 0.25) is 0 Å². The van der Waals surface area contributed by atoms with Crippen molar-refractivity contribution in [2.45, 2.75) is 19.6 Å². The Kier molecular flexibility index (Phi) is 3.48. The van der Waals surface area contributed by atoms with E-state index in [0.29, 0.717) is 0 Å². The lowest BCUT2D eigenvalue weighted by Crippen LogP contribution is -2.19. The highest BCUT2D eigenvalue weighted by Crippen LogP contribution is 2.11. The molecule has 1 rings (SSSR count). The third-order valence-corrected chi connectivity index (χ3v) is 1.78. The van der Waals surface area contributed by atoms with Gasteiger partial charge in [0.1, 0.15) is 5.75 Å². The second-order valence-corrected chi connectivity index (χ2v) is 2.96. The van der Waals surface area contributed by atoms with Gasteiger partial charge < -0.3 is 14.9 Å². The number of benzene rings is 1. The summed E-state index contributed by atoms with van der Waals surface area (Å²) in [5, 5.41) is 17.5. The molecule has 1 aromatic carbocycles. The van der Waals surface area contributed by atoms with E-state index in [0.717, 1.165) is 5.56 Å². The largest absolute Gasteiger partial charge is 0.508 e. The second kappa shape index (κ2) is 4.62. The molecular weight excluding hydrogens is 184 g/mol. The van der Waals surface area contributed by atoms with E-state index in [1.807, 2.05) is 0 Å². The summed E-state index contributed by atoms with van der Waals surface area (Å²) in [6.45, 7) is 1.70. The van der Waals surface area contributed by atoms with Crippen LogP contribution in [0.4, 0.5) is 0 Å². The highest BCUT2D eigenvalue weighted by molar-refractivity contribution is 5.71. The summed E-state index contributed by atoms with van der Waals surface area (Å²) in [7, 11) is 0. The summed E-state index contributed by atoms with van der Waals surface area (Å²) < 4.78 is 5.05. The molecule has 14 heavy (non-hydrogen) atoms. The monoisotopic (exact) mass is 196 g/mol. The molecule has 0 aliphatic heterocycles. The van der Waals surface area contributed by atoms with Crippen LogP contribution in [-0.2, 0) is 16.1 Å². The van der Waals surface area contributed by atoms with Crippen LogP contribution in [0.3, 0.4) is 0 Å². The van der Waals surface area contributed by atoms with Gasteiger partial charge in [0.25, 0.3) is 0 Å². The Morgan fingerprint density at radius 3 is 2.50 bits per heavy atom. The first-order valence-electron chi connectivity index (χ1n) is 4.22. The molecule has 0 fully saturated rings. The fraction of sp³-hybridized carbons (Fsp3) is 0.300. The molecule has 0 unspecified atom stereocenters. The first-order valence-corrected chi connectivity index (χ1v) is 4.22. The van der Waals surface area contributed by atoms with Crippen LogP contribution in [0.15, 0.2) is 24.3 Å². The average Bonchev–Trinajstić information content (AvgIpc) is 2.16. The van der Waals surface area contributed by atoms with E-state index >= 15 is 0 Å². The predicted octanol–water partition coefficient (Wildman–Crippen LogP) is 1.38. The summed E-state index contributed by atoms with van der Waals surface area (Å²) in [6.07, 6.45) is -0.816. The fourth-order valence-electron chi connectivity index (χ4n) is 0.885. The molecule has 76 valence electrons. The van der Waals surface area contributed by atoms with Gasteiger partial charge in [0.15, 0.2) is 6.10 Å². The number of aliphatic carboxylic acids is 1. The Morgan fingerprint density at radius 1 is 1.43 bits per heavy atom. The van der Waals surface area contributed by atoms with Crippen LogP contribution in [-0.4, -0.2) is 22.3 Å². The van der Waals surface area contributed by atoms with Gasteiger partial charge in [0.2, 0.25) is 0 Å². The van der Waals surface area contributed by atoms with Crippen LogP contribution in [0.5, 0.6) is 5.75 Å². The number of aromatic hydroxyl groups is 1. The quantitative estimate of drug-likeness (QED) is 0.763. The number of phenolic OH excluding ortho intramolecular Hbond substituents is 1. The molecule has 0 aliphatic rings. The average molecular weight is 196 g/mol. The van der Waals surface area contributed by atoms with Crippen molar-refractivity contribution in [3.8, 4) is 5.75 Å².